The van der Waals surface area contributed by atoms with E-state index in [1.807, 2.05) is 12.1 Å². The van der Waals surface area contributed by atoms with Crippen LogP contribution in [-0.2, 0) is 6.42 Å². The third-order valence-electron chi connectivity index (χ3n) is 3.16. The number of ether oxygens (including phenoxy) is 1. The summed E-state index contributed by atoms with van der Waals surface area (Å²) in [6.07, 6.45) is 3.48. The van der Waals surface area contributed by atoms with E-state index in [9.17, 15) is 0 Å². The Labute approximate surface area is 124 Å². The molecule has 0 spiro atoms. The van der Waals surface area contributed by atoms with Gasteiger partial charge < -0.3 is 15.4 Å². The molecule has 0 saturated heterocycles. The van der Waals surface area contributed by atoms with Crippen molar-refractivity contribution in [3.8, 4) is 5.75 Å². The van der Waals surface area contributed by atoms with Gasteiger partial charge in [0.1, 0.15) is 5.75 Å². The third kappa shape index (κ3) is 8.18. The largest absolute Gasteiger partial charge is 0.497 e. The first-order valence-electron chi connectivity index (χ1n) is 7.60. The van der Waals surface area contributed by atoms with Crippen LogP contribution in [0.4, 0.5) is 0 Å². The van der Waals surface area contributed by atoms with Gasteiger partial charge in [-0.25, -0.2) is 0 Å². The van der Waals surface area contributed by atoms with Gasteiger partial charge in [0.2, 0.25) is 0 Å². The maximum absolute atomic E-state index is 5.16. The topological polar surface area (TPSA) is 33.3 Å². The highest BCUT2D eigenvalue weighted by atomic mass is 16.5. The lowest BCUT2D eigenvalue weighted by atomic mass is 10.1. The van der Waals surface area contributed by atoms with Gasteiger partial charge in [-0.05, 0) is 77.4 Å². The average Bonchev–Trinajstić information content (AvgIpc) is 2.41. The second-order valence-electron chi connectivity index (χ2n) is 6.23. The number of aryl methyl sites for hydroxylation is 1. The summed E-state index contributed by atoms with van der Waals surface area (Å²) in [6.45, 7) is 9.86. The van der Waals surface area contributed by atoms with Crippen molar-refractivity contribution in [3.05, 3.63) is 29.8 Å². The predicted octanol–water partition coefficient (Wildman–Crippen LogP) is 3.00. The van der Waals surface area contributed by atoms with Crippen LogP contribution in [-0.4, -0.2) is 32.3 Å². The maximum Gasteiger partial charge on any atom is 0.118 e. The molecule has 1 aromatic rings. The summed E-state index contributed by atoms with van der Waals surface area (Å²) in [4.78, 5) is 0. The molecule has 0 aromatic heterocycles. The normalized spacial score (nSPS) is 11.6. The lowest BCUT2D eigenvalue weighted by Gasteiger charge is -2.20. The smallest absolute Gasteiger partial charge is 0.118 e. The van der Waals surface area contributed by atoms with Crippen molar-refractivity contribution in [3.63, 3.8) is 0 Å². The van der Waals surface area contributed by atoms with Gasteiger partial charge >= 0.3 is 0 Å². The van der Waals surface area contributed by atoms with E-state index in [1.165, 1.54) is 18.4 Å². The molecule has 0 atom stereocenters. The summed E-state index contributed by atoms with van der Waals surface area (Å²) in [5, 5.41) is 7.00. The van der Waals surface area contributed by atoms with Crippen LogP contribution in [0.2, 0.25) is 0 Å². The van der Waals surface area contributed by atoms with Gasteiger partial charge in [0.15, 0.2) is 0 Å². The zero-order valence-corrected chi connectivity index (χ0v) is 13.5. The van der Waals surface area contributed by atoms with Crippen LogP contribution in [0.3, 0.4) is 0 Å². The van der Waals surface area contributed by atoms with Gasteiger partial charge in [-0.3, -0.25) is 0 Å². The second-order valence-corrected chi connectivity index (χ2v) is 6.23. The molecular formula is C17H30N2O. The Bertz CT molecular complexity index is 354. The molecule has 20 heavy (non-hydrogen) atoms. The molecular weight excluding hydrogens is 248 g/mol. The summed E-state index contributed by atoms with van der Waals surface area (Å²) < 4.78 is 5.16. The van der Waals surface area contributed by atoms with Gasteiger partial charge in [-0.1, -0.05) is 12.1 Å². The molecule has 0 aliphatic heterocycles. The Morgan fingerprint density at radius 2 is 1.60 bits per heavy atom. The van der Waals surface area contributed by atoms with Crippen molar-refractivity contribution in [2.45, 2.75) is 45.6 Å². The van der Waals surface area contributed by atoms with Crippen molar-refractivity contribution >= 4 is 0 Å². The van der Waals surface area contributed by atoms with Crippen molar-refractivity contribution in [1.82, 2.24) is 10.6 Å². The van der Waals surface area contributed by atoms with Crippen LogP contribution in [0.5, 0.6) is 5.75 Å². The number of methoxy groups -OCH3 is 1. The van der Waals surface area contributed by atoms with Crippen LogP contribution in [0.15, 0.2) is 24.3 Å². The fourth-order valence-electron chi connectivity index (χ4n) is 2.01. The Balaban J connectivity index is 1.99. The molecule has 0 saturated carbocycles. The first kappa shape index (κ1) is 17.0. The Morgan fingerprint density at radius 3 is 2.20 bits per heavy atom. The zero-order chi connectivity index (χ0) is 14.8. The fourth-order valence-corrected chi connectivity index (χ4v) is 2.01. The van der Waals surface area contributed by atoms with E-state index < -0.39 is 0 Å². The Kier molecular flexibility index (Phi) is 7.63. The van der Waals surface area contributed by atoms with Crippen LogP contribution in [0, 0.1) is 0 Å². The standard InChI is InChI=1S/C17H30N2O/c1-17(2,3)19-14-6-13-18-12-5-7-15-8-10-16(20-4)11-9-15/h8-11,18-19H,5-7,12-14H2,1-4H3. The van der Waals surface area contributed by atoms with E-state index in [-0.39, 0.29) is 5.54 Å². The van der Waals surface area contributed by atoms with Crippen molar-refractivity contribution in [1.29, 1.82) is 0 Å². The van der Waals surface area contributed by atoms with Crippen LogP contribution in [0.1, 0.15) is 39.2 Å². The summed E-state index contributed by atoms with van der Waals surface area (Å²) in [6, 6.07) is 8.35. The van der Waals surface area contributed by atoms with Crippen LogP contribution >= 0.6 is 0 Å². The number of hydrogen-bond donors (Lipinski definition) is 2. The molecule has 0 unspecified atom stereocenters. The summed E-state index contributed by atoms with van der Waals surface area (Å²) in [5.41, 5.74) is 1.61. The molecule has 3 nitrogen and oxygen atoms in total. The minimum atomic E-state index is 0.231. The highest BCUT2D eigenvalue weighted by molar-refractivity contribution is 5.27. The molecule has 0 bridgehead atoms. The number of benzene rings is 1. The molecule has 0 heterocycles. The lowest BCUT2D eigenvalue weighted by molar-refractivity contribution is 0.414. The predicted molar refractivity (Wildman–Crippen MR) is 86.6 cm³/mol. The van der Waals surface area contributed by atoms with E-state index in [2.05, 4.69) is 43.5 Å². The van der Waals surface area contributed by atoms with Gasteiger partial charge in [0, 0.05) is 5.54 Å². The summed E-state index contributed by atoms with van der Waals surface area (Å²) >= 11 is 0. The summed E-state index contributed by atoms with van der Waals surface area (Å²) in [7, 11) is 1.70. The minimum Gasteiger partial charge on any atom is -0.497 e. The first-order valence-corrected chi connectivity index (χ1v) is 7.60. The zero-order valence-electron chi connectivity index (χ0n) is 13.5. The summed E-state index contributed by atoms with van der Waals surface area (Å²) in [5.74, 6) is 0.929. The van der Waals surface area contributed by atoms with E-state index in [0.717, 1.165) is 31.8 Å². The third-order valence-corrected chi connectivity index (χ3v) is 3.16. The van der Waals surface area contributed by atoms with Crippen molar-refractivity contribution in [2.24, 2.45) is 0 Å². The SMILES string of the molecule is COc1ccc(CCCNCCCNC(C)(C)C)cc1. The van der Waals surface area contributed by atoms with Gasteiger partial charge in [-0.15, -0.1) is 0 Å². The number of hydrogen-bond acceptors (Lipinski definition) is 3. The second kappa shape index (κ2) is 8.98. The van der Waals surface area contributed by atoms with Gasteiger partial charge in [-0.2, -0.15) is 0 Å². The highest BCUT2D eigenvalue weighted by Gasteiger charge is 2.06. The van der Waals surface area contributed by atoms with Gasteiger partial charge in [0.05, 0.1) is 7.11 Å². The Hall–Kier alpha value is -1.06. The van der Waals surface area contributed by atoms with Crippen LogP contribution < -0.4 is 15.4 Å². The maximum atomic E-state index is 5.16. The first-order chi connectivity index (χ1) is 9.51. The van der Waals surface area contributed by atoms with Crippen molar-refractivity contribution < 1.29 is 4.74 Å². The number of rotatable bonds is 9. The molecule has 0 amide bonds. The monoisotopic (exact) mass is 278 g/mol. The molecule has 3 heteroatoms. The van der Waals surface area contributed by atoms with E-state index in [1.54, 1.807) is 7.11 Å². The highest BCUT2D eigenvalue weighted by Crippen LogP contribution is 2.12. The van der Waals surface area contributed by atoms with E-state index in [4.69, 9.17) is 4.74 Å². The Morgan fingerprint density at radius 1 is 0.950 bits per heavy atom. The minimum absolute atomic E-state index is 0.231. The molecule has 0 radical (unpaired) electrons. The van der Waals surface area contributed by atoms with Crippen molar-refractivity contribution in [2.75, 3.05) is 26.7 Å². The number of nitrogens with one attached hydrogen (secondary N) is 2. The fraction of sp³-hybridized carbons (Fsp3) is 0.647. The van der Waals surface area contributed by atoms with E-state index >= 15 is 0 Å². The molecule has 0 aliphatic carbocycles. The molecule has 114 valence electrons. The molecule has 0 fully saturated rings. The lowest BCUT2D eigenvalue weighted by Crippen LogP contribution is -2.37. The quantitative estimate of drug-likeness (QED) is 0.681. The molecule has 2 N–H and O–H groups in total. The van der Waals surface area contributed by atoms with Gasteiger partial charge in [0.25, 0.3) is 0 Å². The molecule has 1 aromatic carbocycles. The molecule has 0 aliphatic rings. The average molecular weight is 278 g/mol. The van der Waals surface area contributed by atoms with Crippen LogP contribution in [0.25, 0.3) is 0 Å². The molecule has 1 rings (SSSR count). The van der Waals surface area contributed by atoms with E-state index in [0.29, 0.717) is 0 Å².